The van der Waals surface area contributed by atoms with E-state index in [4.69, 9.17) is 26.8 Å². The van der Waals surface area contributed by atoms with Crippen LogP contribution >= 0.6 is 11.6 Å². The Bertz CT molecular complexity index is 309. The van der Waals surface area contributed by atoms with Crippen molar-refractivity contribution in [3.8, 4) is 5.75 Å². The first-order valence-corrected chi connectivity index (χ1v) is 4.97. The molecular weight excluding hydrogens is 221 g/mol. The van der Waals surface area contributed by atoms with Crippen molar-refractivity contribution in [3.63, 3.8) is 0 Å². The molecule has 5 heteroatoms. The third kappa shape index (κ3) is 4.46. The maximum atomic E-state index is 12.7. The average Bonchev–Trinajstić information content (AvgIpc) is 2.20. The number of hydrogen-bond acceptors (Lipinski definition) is 3. The van der Waals surface area contributed by atoms with E-state index in [1.165, 1.54) is 18.2 Å². The Morgan fingerprint density at radius 3 is 2.73 bits per heavy atom. The zero-order valence-electron chi connectivity index (χ0n) is 8.21. The fourth-order valence-electron chi connectivity index (χ4n) is 0.988. The van der Waals surface area contributed by atoms with Gasteiger partial charge in [-0.25, -0.2) is 4.39 Å². The van der Waals surface area contributed by atoms with Gasteiger partial charge in [0.15, 0.2) is 0 Å². The minimum Gasteiger partial charge on any atom is -0.490 e. The first-order chi connectivity index (χ1) is 7.24. The van der Waals surface area contributed by atoms with Gasteiger partial charge in [-0.05, 0) is 18.2 Å². The van der Waals surface area contributed by atoms with Gasteiger partial charge >= 0.3 is 0 Å². The molecule has 1 aromatic rings. The standard InChI is InChI=1S/C10H13ClFNO2/c11-9-7-8(12)1-2-10(9)15-6-5-14-4-3-13/h1-2,7H,3-6,13H2. The number of halogens is 2. The fourth-order valence-corrected chi connectivity index (χ4v) is 1.21. The molecule has 0 bridgehead atoms. The Labute approximate surface area is 92.9 Å². The Kier molecular flexibility index (Phi) is 5.39. The first kappa shape index (κ1) is 12.2. The molecule has 0 radical (unpaired) electrons. The third-order valence-electron chi connectivity index (χ3n) is 1.64. The molecule has 15 heavy (non-hydrogen) atoms. The van der Waals surface area contributed by atoms with E-state index in [-0.39, 0.29) is 10.8 Å². The van der Waals surface area contributed by atoms with Crippen LogP contribution in [-0.4, -0.2) is 26.4 Å². The van der Waals surface area contributed by atoms with Crippen LogP contribution in [0.25, 0.3) is 0 Å². The Morgan fingerprint density at radius 2 is 2.07 bits per heavy atom. The Balaban J connectivity index is 2.31. The SMILES string of the molecule is NCCOCCOc1ccc(F)cc1Cl. The van der Waals surface area contributed by atoms with Crippen LogP contribution < -0.4 is 10.5 Å². The van der Waals surface area contributed by atoms with E-state index in [1.807, 2.05) is 0 Å². The van der Waals surface area contributed by atoms with Crippen LogP contribution in [-0.2, 0) is 4.74 Å². The van der Waals surface area contributed by atoms with E-state index in [9.17, 15) is 4.39 Å². The molecule has 2 N–H and O–H groups in total. The lowest BCUT2D eigenvalue weighted by molar-refractivity contribution is 0.106. The summed E-state index contributed by atoms with van der Waals surface area (Å²) in [7, 11) is 0. The minimum atomic E-state index is -0.383. The summed E-state index contributed by atoms with van der Waals surface area (Å²) in [5.74, 6) is 0.0705. The second kappa shape index (κ2) is 6.61. The zero-order valence-corrected chi connectivity index (χ0v) is 8.97. The van der Waals surface area contributed by atoms with Crippen molar-refractivity contribution < 1.29 is 13.9 Å². The summed E-state index contributed by atoms with van der Waals surface area (Å²) >= 11 is 5.74. The highest BCUT2D eigenvalue weighted by molar-refractivity contribution is 6.32. The summed E-state index contributed by atoms with van der Waals surface area (Å²) in [6, 6.07) is 3.99. The van der Waals surface area contributed by atoms with Crippen molar-refractivity contribution in [2.24, 2.45) is 5.73 Å². The number of benzene rings is 1. The fraction of sp³-hybridized carbons (Fsp3) is 0.400. The van der Waals surface area contributed by atoms with Gasteiger partial charge in [0.25, 0.3) is 0 Å². The second-order valence-corrected chi connectivity index (χ2v) is 3.23. The van der Waals surface area contributed by atoms with Crippen LogP contribution in [0.1, 0.15) is 0 Å². The number of nitrogens with two attached hydrogens (primary N) is 1. The van der Waals surface area contributed by atoms with Gasteiger partial charge in [-0.2, -0.15) is 0 Å². The summed E-state index contributed by atoms with van der Waals surface area (Å²) in [6.07, 6.45) is 0. The average molecular weight is 234 g/mol. The van der Waals surface area contributed by atoms with Gasteiger partial charge in [0.05, 0.1) is 18.2 Å². The van der Waals surface area contributed by atoms with Crippen molar-refractivity contribution in [3.05, 3.63) is 29.0 Å². The lowest BCUT2D eigenvalue weighted by Gasteiger charge is -2.07. The highest BCUT2D eigenvalue weighted by Gasteiger charge is 2.02. The van der Waals surface area contributed by atoms with Crippen LogP contribution in [0, 0.1) is 5.82 Å². The van der Waals surface area contributed by atoms with E-state index < -0.39 is 0 Å². The number of hydrogen-bond donors (Lipinski definition) is 1. The Morgan fingerprint density at radius 1 is 1.27 bits per heavy atom. The van der Waals surface area contributed by atoms with Gasteiger partial charge in [-0.3, -0.25) is 0 Å². The first-order valence-electron chi connectivity index (χ1n) is 4.59. The lowest BCUT2D eigenvalue weighted by atomic mass is 10.3. The van der Waals surface area contributed by atoms with E-state index >= 15 is 0 Å². The van der Waals surface area contributed by atoms with Crippen LogP contribution in [0.3, 0.4) is 0 Å². The molecule has 0 heterocycles. The van der Waals surface area contributed by atoms with Crippen LogP contribution in [0.4, 0.5) is 4.39 Å². The zero-order chi connectivity index (χ0) is 11.1. The van der Waals surface area contributed by atoms with Crippen molar-refractivity contribution >= 4 is 11.6 Å². The van der Waals surface area contributed by atoms with Crippen molar-refractivity contribution in [2.75, 3.05) is 26.4 Å². The molecule has 1 rings (SSSR count). The largest absolute Gasteiger partial charge is 0.490 e. The maximum Gasteiger partial charge on any atom is 0.138 e. The molecule has 0 saturated carbocycles. The highest BCUT2D eigenvalue weighted by atomic mass is 35.5. The normalized spacial score (nSPS) is 10.3. The quantitative estimate of drug-likeness (QED) is 0.763. The molecule has 0 aromatic heterocycles. The third-order valence-corrected chi connectivity index (χ3v) is 1.94. The van der Waals surface area contributed by atoms with E-state index in [0.717, 1.165) is 0 Å². The number of ether oxygens (including phenoxy) is 2. The van der Waals surface area contributed by atoms with E-state index in [2.05, 4.69) is 0 Å². The molecule has 0 fully saturated rings. The van der Waals surface area contributed by atoms with E-state index in [1.54, 1.807) is 0 Å². The number of rotatable bonds is 6. The molecule has 0 aliphatic heterocycles. The van der Waals surface area contributed by atoms with Gasteiger partial charge in [-0.1, -0.05) is 11.6 Å². The molecule has 1 aromatic carbocycles. The Hall–Kier alpha value is -0.840. The molecule has 0 aliphatic carbocycles. The molecule has 0 atom stereocenters. The van der Waals surface area contributed by atoms with Crippen molar-refractivity contribution in [2.45, 2.75) is 0 Å². The predicted molar refractivity (Wildman–Crippen MR) is 56.8 cm³/mol. The topological polar surface area (TPSA) is 44.5 Å². The van der Waals surface area contributed by atoms with Crippen molar-refractivity contribution in [1.29, 1.82) is 0 Å². The summed E-state index contributed by atoms with van der Waals surface area (Å²) in [4.78, 5) is 0. The lowest BCUT2D eigenvalue weighted by Crippen LogP contribution is -2.13. The molecule has 0 amide bonds. The molecule has 3 nitrogen and oxygen atoms in total. The van der Waals surface area contributed by atoms with Gasteiger partial charge in [0.1, 0.15) is 18.2 Å². The van der Waals surface area contributed by atoms with Gasteiger partial charge in [0.2, 0.25) is 0 Å². The molecule has 0 unspecified atom stereocenters. The maximum absolute atomic E-state index is 12.7. The molecule has 0 aliphatic rings. The second-order valence-electron chi connectivity index (χ2n) is 2.82. The molecule has 0 spiro atoms. The van der Waals surface area contributed by atoms with E-state index in [0.29, 0.717) is 32.1 Å². The summed E-state index contributed by atoms with van der Waals surface area (Å²) in [5, 5.41) is 0.258. The van der Waals surface area contributed by atoms with Crippen molar-refractivity contribution in [1.82, 2.24) is 0 Å². The smallest absolute Gasteiger partial charge is 0.138 e. The molecule has 0 saturated heterocycles. The molecule has 84 valence electrons. The highest BCUT2D eigenvalue weighted by Crippen LogP contribution is 2.24. The molecular formula is C10H13ClFNO2. The minimum absolute atomic E-state index is 0.258. The predicted octanol–water partition coefficient (Wildman–Crippen LogP) is 1.83. The van der Waals surface area contributed by atoms with Crippen LogP contribution in [0.5, 0.6) is 5.75 Å². The van der Waals surface area contributed by atoms with Crippen LogP contribution in [0.15, 0.2) is 18.2 Å². The van der Waals surface area contributed by atoms with Crippen LogP contribution in [0.2, 0.25) is 5.02 Å². The van der Waals surface area contributed by atoms with Gasteiger partial charge in [0, 0.05) is 6.54 Å². The van der Waals surface area contributed by atoms with Gasteiger partial charge in [-0.15, -0.1) is 0 Å². The monoisotopic (exact) mass is 233 g/mol. The van der Waals surface area contributed by atoms with Gasteiger partial charge < -0.3 is 15.2 Å². The summed E-state index contributed by atoms with van der Waals surface area (Å²) in [5.41, 5.74) is 5.23. The summed E-state index contributed by atoms with van der Waals surface area (Å²) in [6.45, 7) is 1.79. The summed E-state index contributed by atoms with van der Waals surface area (Å²) < 4.78 is 23.0.